The first-order valence-corrected chi connectivity index (χ1v) is 9.24. The predicted molar refractivity (Wildman–Crippen MR) is 102 cm³/mol. The molecule has 1 aliphatic rings. The van der Waals surface area contributed by atoms with Crippen molar-refractivity contribution in [2.75, 3.05) is 6.61 Å². The van der Waals surface area contributed by atoms with Gasteiger partial charge in [0, 0.05) is 17.7 Å². The van der Waals surface area contributed by atoms with Crippen molar-refractivity contribution in [2.45, 2.75) is 58.8 Å². The molecule has 3 rings (SSSR count). The van der Waals surface area contributed by atoms with Gasteiger partial charge in [-0.15, -0.1) is 0 Å². The van der Waals surface area contributed by atoms with Crippen LogP contribution in [0.2, 0.25) is 0 Å². The molecule has 0 fully saturated rings. The number of benzene rings is 1. The SMILES string of the molecule is CCOC(=O)c1[nH]c2c(c1C)C(=O)C[C@H](c1ccc(C(C)(C)C)cc1)C2. The summed E-state index contributed by atoms with van der Waals surface area (Å²) in [7, 11) is 0. The number of esters is 1. The Morgan fingerprint density at radius 2 is 1.85 bits per heavy atom. The molecular formula is C22H27NO3. The summed E-state index contributed by atoms with van der Waals surface area (Å²) in [5.41, 5.74) is 5.21. The number of H-pyrrole nitrogens is 1. The number of carbonyl (C=O) groups is 2. The number of ketones is 1. The Morgan fingerprint density at radius 1 is 1.19 bits per heavy atom. The second-order valence-electron chi connectivity index (χ2n) is 8.10. The molecule has 138 valence electrons. The number of hydrogen-bond donors (Lipinski definition) is 1. The number of nitrogens with one attached hydrogen (secondary N) is 1. The molecule has 0 saturated heterocycles. The smallest absolute Gasteiger partial charge is 0.355 e. The van der Waals surface area contributed by atoms with E-state index >= 15 is 0 Å². The molecular weight excluding hydrogens is 326 g/mol. The zero-order chi connectivity index (χ0) is 19.1. The summed E-state index contributed by atoms with van der Waals surface area (Å²) in [5, 5.41) is 0. The molecule has 0 radical (unpaired) electrons. The van der Waals surface area contributed by atoms with E-state index < -0.39 is 5.97 Å². The van der Waals surface area contributed by atoms with Crippen molar-refractivity contribution in [1.82, 2.24) is 4.98 Å². The van der Waals surface area contributed by atoms with E-state index in [1.165, 1.54) is 11.1 Å². The van der Waals surface area contributed by atoms with Crippen molar-refractivity contribution in [1.29, 1.82) is 0 Å². The lowest BCUT2D eigenvalue weighted by molar-refractivity contribution is 0.0519. The molecule has 0 amide bonds. The van der Waals surface area contributed by atoms with Gasteiger partial charge in [-0.25, -0.2) is 4.79 Å². The minimum atomic E-state index is -0.390. The van der Waals surface area contributed by atoms with Crippen LogP contribution in [0.25, 0.3) is 0 Å². The van der Waals surface area contributed by atoms with Crippen LogP contribution in [0.3, 0.4) is 0 Å². The summed E-state index contributed by atoms with van der Waals surface area (Å²) in [6, 6.07) is 8.57. The molecule has 26 heavy (non-hydrogen) atoms. The molecule has 1 N–H and O–H groups in total. The lowest BCUT2D eigenvalue weighted by Gasteiger charge is -2.24. The van der Waals surface area contributed by atoms with Crippen LogP contribution in [-0.2, 0) is 16.6 Å². The van der Waals surface area contributed by atoms with Crippen LogP contribution in [0.1, 0.15) is 83.3 Å². The van der Waals surface area contributed by atoms with E-state index in [4.69, 9.17) is 4.74 Å². The van der Waals surface area contributed by atoms with Crippen LogP contribution in [0.15, 0.2) is 24.3 Å². The maximum Gasteiger partial charge on any atom is 0.355 e. The Bertz CT molecular complexity index is 838. The molecule has 0 aliphatic heterocycles. The Labute approximate surface area is 155 Å². The van der Waals surface area contributed by atoms with E-state index in [-0.39, 0.29) is 17.1 Å². The average molecular weight is 353 g/mol. The standard InChI is InChI=1S/C22H27NO3/c1-6-26-21(25)20-13(2)19-17(23-20)11-15(12-18(19)24)14-7-9-16(10-8-14)22(3,4)5/h7-10,15,23H,6,11-12H2,1-5H3/t15-/m1/s1. The van der Waals surface area contributed by atoms with Crippen LogP contribution in [0.5, 0.6) is 0 Å². The number of Topliss-reactive ketones (excluding diaryl/α,β-unsaturated/α-hetero) is 1. The second-order valence-corrected chi connectivity index (χ2v) is 8.10. The van der Waals surface area contributed by atoms with Gasteiger partial charge < -0.3 is 9.72 Å². The maximum atomic E-state index is 12.7. The quantitative estimate of drug-likeness (QED) is 0.813. The largest absolute Gasteiger partial charge is 0.461 e. The number of hydrogen-bond acceptors (Lipinski definition) is 3. The zero-order valence-corrected chi connectivity index (χ0v) is 16.2. The van der Waals surface area contributed by atoms with Crippen LogP contribution in [-0.4, -0.2) is 23.3 Å². The van der Waals surface area contributed by atoms with E-state index in [0.717, 1.165) is 12.1 Å². The first kappa shape index (κ1) is 18.4. The third kappa shape index (κ3) is 3.33. The Balaban J connectivity index is 1.89. The highest BCUT2D eigenvalue weighted by atomic mass is 16.5. The van der Waals surface area contributed by atoms with Gasteiger partial charge in [0.2, 0.25) is 0 Å². The molecule has 1 aromatic carbocycles. The van der Waals surface area contributed by atoms with Crippen LogP contribution >= 0.6 is 0 Å². The van der Waals surface area contributed by atoms with Gasteiger partial charge in [-0.05, 0) is 48.3 Å². The molecule has 2 aromatic rings. The normalized spacial score (nSPS) is 17.1. The van der Waals surface area contributed by atoms with E-state index in [2.05, 4.69) is 50.0 Å². The third-order valence-corrected chi connectivity index (χ3v) is 5.22. The van der Waals surface area contributed by atoms with Gasteiger partial charge in [0.15, 0.2) is 5.78 Å². The van der Waals surface area contributed by atoms with E-state index in [1.54, 1.807) is 6.92 Å². The molecule has 4 nitrogen and oxygen atoms in total. The molecule has 0 unspecified atom stereocenters. The summed E-state index contributed by atoms with van der Waals surface area (Å²) >= 11 is 0. The minimum Gasteiger partial charge on any atom is -0.461 e. The van der Waals surface area contributed by atoms with Crippen molar-refractivity contribution in [2.24, 2.45) is 0 Å². The van der Waals surface area contributed by atoms with Gasteiger partial charge >= 0.3 is 5.97 Å². The highest BCUT2D eigenvalue weighted by molar-refractivity contribution is 6.03. The molecule has 4 heteroatoms. The monoisotopic (exact) mass is 353 g/mol. The number of carbonyl (C=O) groups excluding carboxylic acids is 2. The van der Waals surface area contributed by atoms with Crippen molar-refractivity contribution in [3.63, 3.8) is 0 Å². The maximum absolute atomic E-state index is 12.7. The highest BCUT2D eigenvalue weighted by Crippen LogP contribution is 2.36. The number of rotatable bonds is 3. The van der Waals surface area contributed by atoms with Gasteiger partial charge in [0.25, 0.3) is 0 Å². The number of fused-ring (bicyclic) bond motifs is 1. The number of aromatic nitrogens is 1. The van der Waals surface area contributed by atoms with Crippen LogP contribution in [0, 0.1) is 6.92 Å². The van der Waals surface area contributed by atoms with Crippen LogP contribution < -0.4 is 0 Å². The topological polar surface area (TPSA) is 59.2 Å². The summed E-state index contributed by atoms with van der Waals surface area (Å²) < 4.78 is 5.10. The Kier molecular flexibility index (Phi) is 4.78. The second kappa shape index (κ2) is 6.75. The predicted octanol–water partition coefficient (Wildman–Crippen LogP) is 4.71. The first-order chi connectivity index (χ1) is 12.2. The van der Waals surface area contributed by atoms with Crippen molar-refractivity contribution >= 4 is 11.8 Å². The number of aromatic amines is 1. The Hall–Kier alpha value is -2.36. The zero-order valence-electron chi connectivity index (χ0n) is 16.2. The van der Waals surface area contributed by atoms with Crippen molar-refractivity contribution in [3.05, 3.63) is 57.9 Å². The fourth-order valence-corrected chi connectivity index (χ4v) is 3.73. The highest BCUT2D eigenvalue weighted by Gasteiger charge is 2.32. The molecule has 0 spiro atoms. The average Bonchev–Trinajstić information content (AvgIpc) is 2.92. The minimum absolute atomic E-state index is 0.0976. The van der Waals surface area contributed by atoms with E-state index in [0.29, 0.717) is 29.8 Å². The van der Waals surface area contributed by atoms with Gasteiger partial charge in [0.05, 0.1) is 6.61 Å². The van der Waals surface area contributed by atoms with Gasteiger partial charge in [-0.2, -0.15) is 0 Å². The van der Waals surface area contributed by atoms with Crippen molar-refractivity contribution < 1.29 is 14.3 Å². The summed E-state index contributed by atoms with van der Waals surface area (Å²) in [4.78, 5) is 28.0. The Morgan fingerprint density at radius 3 is 2.42 bits per heavy atom. The molecule has 1 aromatic heterocycles. The van der Waals surface area contributed by atoms with E-state index in [1.807, 2.05) is 6.92 Å². The molecule has 0 bridgehead atoms. The fourth-order valence-electron chi connectivity index (χ4n) is 3.73. The molecule has 1 atom stereocenters. The molecule has 1 aliphatic carbocycles. The van der Waals surface area contributed by atoms with Crippen LogP contribution in [0.4, 0.5) is 0 Å². The third-order valence-electron chi connectivity index (χ3n) is 5.22. The summed E-state index contributed by atoms with van der Waals surface area (Å²) in [6.45, 7) is 10.5. The van der Waals surface area contributed by atoms with Gasteiger partial charge in [-0.3, -0.25) is 4.79 Å². The molecule has 0 saturated carbocycles. The van der Waals surface area contributed by atoms with E-state index in [9.17, 15) is 9.59 Å². The first-order valence-electron chi connectivity index (χ1n) is 9.24. The van der Waals surface area contributed by atoms with Crippen molar-refractivity contribution in [3.8, 4) is 0 Å². The fraction of sp³-hybridized carbons (Fsp3) is 0.455. The summed E-state index contributed by atoms with van der Waals surface area (Å²) in [6.07, 6.45) is 1.21. The summed E-state index contributed by atoms with van der Waals surface area (Å²) in [5.74, 6) is -0.157. The molecule has 1 heterocycles. The van der Waals surface area contributed by atoms with Gasteiger partial charge in [-0.1, -0.05) is 45.0 Å². The lowest BCUT2D eigenvalue weighted by Crippen LogP contribution is -2.19. The number of ether oxygens (including phenoxy) is 1. The van der Waals surface area contributed by atoms with Gasteiger partial charge in [0.1, 0.15) is 5.69 Å². The lowest BCUT2D eigenvalue weighted by atomic mass is 9.80.